The fourth-order valence-electron chi connectivity index (χ4n) is 1.10. The third kappa shape index (κ3) is 3.13. The summed E-state index contributed by atoms with van der Waals surface area (Å²) in [4.78, 5) is 21.9. The van der Waals surface area contributed by atoms with Crippen LogP contribution < -0.4 is 11.5 Å². The maximum absolute atomic E-state index is 11.4. The van der Waals surface area contributed by atoms with Crippen molar-refractivity contribution in [2.24, 2.45) is 5.73 Å². The fraction of sp³-hybridized carbons (Fsp3) is 0.0909. The molecule has 1 aromatic carbocycles. The number of benzene rings is 1. The van der Waals surface area contributed by atoms with E-state index in [1.807, 2.05) is 0 Å². The van der Waals surface area contributed by atoms with E-state index >= 15 is 0 Å². The number of rotatable bonds is 1. The van der Waals surface area contributed by atoms with Gasteiger partial charge in [-0.05, 0) is 12.1 Å². The van der Waals surface area contributed by atoms with Gasteiger partial charge in [0.05, 0.1) is 17.7 Å². The fourth-order valence-corrected chi connectivity index (χ4v) is 1.32. The number of ether oxygens (including phenoxy) is 1. The van der Waals surface area contributed by atoms with Gasteiger partial charge in [0.2, 0.25) is 0 Å². The lowest BCUT2D eigenvalue weighted by Crippen LogP contribution is -2.07. The molecule has 0 heterocycles. The Bertz CT molecular complexity index is 544. The van der Waals surface area contributed by atoms with Crippen LogP contribution in [0.4, 0.5) is 5.69 Å². The molecular weight excluding hydrogens is 244 g/mol. The summed E-state index contributed by atoms with van der Waals surface area (Å²) >= 11 is 5.85. The lowest BCUT2D eigenvalue weighted by Gasteiger charge is -2.05. The number of anilines is 1. The predicted octanol–water partition coefficient (Wildman–Crippen LogP) is 0.546. The highest BCUT2D eigenvalue weighted by Crippen LogP contribution is 2.23. The largest absolute Gasteiger partial charge is 0.465 e. The first-order valence-corrected chi connectivity index (χ1v) is 4.82. The molecule has 0 spiro atoms. The Hall–Kier alpha value is -2.19. The first kappa shape index (κ1) is 12.9. The molecular formula is C11H9ClN2O3. The van der Waals surface area contributed by atoms with Gasteiger partial charge in [0, 0.05) is 17.2 Å². The summed E-state index contributed by atoms with van der Waals surface area (Å²) in [6.45, 7) is 0. The van der Waals surface area contributed by atoms with Crippen molar-refractivity contribution in [1.82, 2.24) is 0 Å². The maximum atomic E-state index is 11.4. The molecule has 0 aliphatic heterocycles. The van der Waals surface area contributed by atoms with Gasteiger partial charge < -0.3 is 16.2 Å². The Balaban J connectivity index is 3.30. The lowest BCUT2D eigenvalue weighted by molar-refractivity contribution is -0.112. The topological polar surface area (TPSA) is 95.4 Å². The van der Waals surface area contributed by atoms with Crippen LogP contribution >= 0.6 is 11.6 Å². The van der Waals surface area contributed by atoms with Gasteiger partial charge in [0.15, 0.2) is 0 Å². The van der Waals surface area contributed by atoms with Gasteiger partial charge in [-0.2, -0.15) is 0 Å². The molecule has 0 aliphatic carbocycles. The number of amides is 1. The number of halogens is 1. The Morgan fingerprint density at radius 2 is 2.06 bits per heavy atom. The highest BCUT2D eigenvalue weighted by molar-refractivity contribution is 6.32. The predicted molar refractivity (Wildman–Crippen MR) is 63.3 cm³/mol. The molecule has 0 aliphatic rings. The van der Waals surface area contributed by atoms with Gasteiger partial charge in [0.25, 0.3) is 5.91 Å². The molecule has 0 radical (unpaired) electrons. The Labute approximate surface area is 103 Å². The van der Waals surface area contributed by atoms with Crippen molar-refractivity contribution in [3.8, 4) is 11.8 Å². The quantitative estimate of drug-likeness (QED) is 0.433. The molecule has 88 valence electrons. The Kier molecular flexibility index (Phi) is 3.96. The molecule has 0 saturated heterocycles. The number of primary amides is 1. The van der Waals surface area contributed by atoms with Crippen molar-refractivity contribution in [2.45, 2.75) is 0 Å². The molecule has 4 N–H and O–H groups in total. The van der Waals surface area contributed by atoms with Crippen LogP contribution in [0.3, 0.4) is 0 Å². The molecule has 0 fully saturated rings. The van der Waals surface area contributed by atoms with Gasteiger partial charge in [0.1, 0.15) is 0 Å². The van der Waals surface area contributed by atoms with Gasteiger partial charge in [-0.15, -0.1) is 0 Å². The molecule has 1 amide bonds. The van der Waals surface area contributed by atoms with Crippen LogP contribution in [0.2, 0.25) is 5.02 Å². The summed E-state index contributed by atoms with van der Waals surface area (Å²) in [6.07, 6.45) is 0. The minimum absolute atomic E-state index is 0.130. The summed E-state index contributed by atoms with van der Waals surface area (Å²) in [5, 5.41) is 0.226. The summed E-state index contributed by atoms with van der Waals surface area (Å²) < 4.78 is 4.54. The number of nitrogen functional groups attached to an aromatic ring is 1. The van der Waals surface area contributed by atoms with Crippen LogP contribution in [0.15, 0.2) is 12.1 Å². The highest BCUT2D eigenvalue weighted by atomic mass is 35.5. The number of carbonyl (C=O) groups excluding carboxylic acids is 2. The third-order valence-corrected chi connectivity index (χ3v) is 2.18. The summed E-state index contributed by atoms with van der Waals surface area (Å²) in [5.41, 5.74) is 11.1. The van der Waals surface area contributed by atoms with E-state index in [-0.39, 0.29) is 21.8 Å². The molecule has 1 rings (SSSR count). The van der Waals surface area contributed by atoms with Crippen molar-refractivity contribution in [2.75, 3.05) is 12.8 Å². The van der Waals surface area contributed by atoms with Crippen molar-refractivity contribution >= 4 is 29.2 Å². The highest BCUT2D eigenvalue weighted by Gasteiger charge is 2.12. The minimum atomic E-state index is -0.794. The Morgan fingerprint density at radius 1 is 1.41 bits per heavy atom. The second-order valence-corrected chi connectivity index (χ2v) is 3.43. The van der Waals surface area contributed by atoms with E-state index in [0.29, 0.717) is 0 Å². The van der Waals surface area contributed by atoms with E-state index in [1.54, 1.807) is 0 Å². The molecule has 0 unspecified atom stereocenters. The Morgan fingerprint density at radius 3 is 2.59 bits per heavy atom. The van der Waals surface area contributed by atoms with Crippen LogP contribution in [-0.2, 0) is 9.53 Å². The molecule has 0 atom stereocenters. The summed E-state index contributed by atoms with van der Waals surface area (Å²) in [6, 6.07) is 2.71. The molecule has 6 heteroatoms. The van der Waals surface area contributed by atoms with Crippen molar-refractivity contribution in [1.29, 1.82) is 0 Å². The smallest absolute Gasteiger partial charge is 0.340 e. The van der Waals surface area contributed by atoms with E-state index in [9.17, 15) is 9.59 Å². The number of hydrogen-bond acceptors (Lipinski definition) is 4. The first-order valence-electron chi connectivity index (χ1n) is 4.44. The van der Waals surface area contributed by atoms with Gasteiger partial charge >= 0.3 is 5.97 Å². The van der Waals surface area contributed by atoms with Crippen LogP contribution in [-0.4, -0.2) is 19.0 Å². The average molecular weight is 253 g/mol. The van der Waals surface area contributed by atoms with Crippen molar-refractivity contribution in [3.63, 3.8) is 0 Å². The van der Waals surface area contributed by atoms with Crippen LogP contribution in [0.5, 0.6) is 0 Å². The monoisotopic (exact) mass is 252 g/mol. The van der Waals surface area contributed by atoms with E-state index in [1.165, 1.54) is 19.2 Å². The number of carbonyl (C=O) groups is 2. The van der Waals surface area contributed by atoms with Gasteiger partial charge in [-0.1, -0.05) is 17.5 Å². The average Bonchev–Trinajstić information content (AvgIpc) is 2.26. The number of esters is 1. The number of methoxy groups -OCH3 is 1. The van der Waals surface area contributed by atoms with E-state index in [0.717, 1.165) is 0 Å². The van der Waals surface area contributed by atoms with Gasteiger partial charge in [-0.3, -0.25) is 4.79 Å². The normalized spacial score (nSPS) is 9.06. The lowest BCUT2D eigenvalue weighted by atomic mass is 10.1. The molecule has 17 heavy (non-hydrogen) atoms. The van der Waals surface area contributed by atoms with E-state index in [2.05, 4.69) is 16.6 Å². The molecule has 1 aromatic rings. The summed E-state index contributed by atoms with van der Waals surface area (Å²) in [7, 11) is 1.23. The molecule has 5 nitrogen and oxygen atoms in total. The van der Waals surface area contributed by atoms with Crippen LogP contribution in [0.25, 0.3) is 0 Å². The minimum Gasteiger partial charge on any atom is -0.465 e. The molecule has 0 bridgehead atoms. The second kappa shape index (κ2) is 5.23. The standard InChI is InChI=1S/C11H9ClN2O3/c1-17-11(16)7-4-6(2-3-10(14)15)8(12)5-9(7)13/h4-5H,13H2,1H3,(H2,14,15). The van der Waals surface area contributed by atoms with Gasteiger partial charge in [-0.25, -0.2) is 4.79 Å². The zero-order valence-electron chi connectivity index (χ0n) is 8.91. The SMILES string of the molecule is COC(=O)c1cc(C#CC(N)=O)c(Cl)cc1N. The summed E-state index contributed by atoms with van der Waals surface area (Å²) in [5.74, 6) is 3.15. The van der Waals surface area contributed by atoms with Crippen LogP contribution in [0, 0.1) is 11.8 Å². The maximum Gasteiger partial charge on any atom is 0.340 e. The molecule has 0 saturated carbocycles. The third-order valence-electron chi connectivity index (χ3n) is 1.86. The number of nitrogens with two attached hydrogens (primary N) is 2. The first-order chi connectivity index (χ1) is 7.95. The second-order valence-electron chi connectivity index (χ2n) is 3.03. The van der Waals surface area contributed by atoms with Crippen molar-refractivity contribution in [3.05, 3.63) is 28.3 Å². The van der Waals surface area contributed by atoms with Crippen LogP contribution in [0.1, 0.15) is 15.9 Å². The molecule has 0 aromatic heterocycles. The zero-order valence-corrected chi connectivity index (χ0v) is 9.67. The zero-order chi connectivity index (χ0) is 13.0. The van der Waals surface area contributed by atoms with E-state index < -0.39 is 11.9 Å². The van der Waals surface area contributed by atoms with E-state index in [4.69, 9.17) is 23.1 Å². The van der Waals surface area contributed by atoms with Crippen molar-refractivity contribution < 1.29 is 14.3 Å². The number of hydrogen-bond donors (Lipinski definition) is 2.